The second-order valence-electron chi connectivity index (χ2n) is 8.38. The zero-order valence-electron chi connectivity index (χ0n) is 20.7. The van der Waals surface area contributed by atoms with Crippen molar-refractivity contribution in [1.82, 2.24) is 4.90 Å². The van der Waals surface area contributed by atoms with Gasteiger partial charge in [-0.15, -0.1) is 0 Å². The van der Waals surface area contributed by atoms with Crippen LogP contribution in [0.5, 0.6) is 5.75 Å². The van der Waals surface area contributed by atoms with Crippen LogP contribution in [0.25, 0.3) is 0 Å². The highest BCUT2D eigenvalue weighted by Gasteiger charge is 2.39. The number of ether oxygens (including phenoxy) is 1. The summed E-state index contributed by atoms with van der Waals surface area (Å²) in [4.78, 5) is 24.3. The first-order valence-corrected chi connectivity index (χ1v) is 13.4. The molecule has 5 rings (SSSR count). The molecule has 1 N–H and O–H groups in total. The van der Waals surface area contributed by atoms with Crippen molar-refractivity contribution in [3.8, 4) is 11.8 Å². The van der Waals surface area contributed by atoms with Gasteiger partial charge in [0.2, 0.25) is 0 Å². The number of aliphatic imine (C=N–C) groups is 1. The number of hydrogen-bond acceptors (Lipinski definition) is 8. The molecule has 3 aromatic carbocycles. The number of para-hydroxylation sites is 1. The molecule has 0 radical (unpaired) electrons. The first-order chi connectivity index (χ1) is 18.0. The van der Waals surface area contributed by atoms with Gasteiger partial charge in [0, 0.05) is 18.5 Å². The molecule has 2 heterocycles. The normalized spacial score (nSPS) is 17.8. The first-order valence-electron chi connectivity index (χ1n) is 11.8. The number of carbonyl (C=O) groups is 1. The van der Waals surface area contributed by atoms with Crippen LogP contribution in [0.2, 0.25) is 0 Å². The third kappa shape index (κ3) is 4.90. The number of methoxy groups -OCH3 is 1. The Labute approximate surface area is 224 Å². The van der Waals surface area contributed by atoms with Gasteiger partial charge in [-0.2, -0.15) is 5.26 Å². The van der Waals surface area contributed by atoms with Crippen molar-refractivity contribution < 1.29 is 9.53 Å². The van der Waals surface area contributed by atoms with E-state index in [0.29, 0.717) is 34.4 Å². The lowest BCUT2D eigenvalue weighted by Crippen LogP contribution is -2.29. The van der Waals surface area contributed by atoms with Gasteiger partial charge in [0.15, 0.2) is 5.17 Å². The molecule has 0 atom stereocenters. The summed E-state index contributed by atoms with van der Waals surface area (Å²) in [5, 5.41) is 14.2. The van der Waals surface area contributed by atoms with Crippen LogP contribution < -0.4 is 15.0 Å². The number of fused-ring (bicyclic) bond motifs is 1. The lowest BCUT2D eigenvalue weighted by molar-refractivity contribution is -0.122. The number of amides is 1. The van der Waals surface area contributed by atoms with Gasteiger partial charge in [0.1, 0.15) is 10.7 Å². The summed E-state index contributed by atoms with van der Waals surface area (Å²) < 4.78 is 5.39. The van der Waals surface area contributed by atoms with Crippen LogP contribution in [0.3, 0.4) is 0 Å². The average molecular weight is 528 g/mol. The predicted octanol–water partition coefficient (Wildman–Crippen LogP) is 6.17. The predicted molar refractivity (Wildman–Crippen MR) is 151 cm³/mol. The molecule has 0 aliphatic carbocycles. The lowest BCUT2D eigenvalue weighted by Gasteiger charge is -2.17. The van der Waals surface area contributed by atoms with E-state index in [4.69, 9.17) is 9.73 Å². The molecule has 186 valence electrons. The molecule has 0 spiro atoms. The molecule has 1 fully saturated rings. The standard InChI is InChI=1S/C28H25N5O2S2/c1-4-30-21-13-12-18(16-29)15-22(21)31-28-33(17-19-8-7-9-20(14-19)35-3)26(34)25(37-28)27-32(2)23-10-5-6-11-24(23)36-27/h5-15,30H,4,17H2,1-3H3/b27-25+,31-28?. The SMILES string of the molecule is CCNc1ccc(C#N)cc1N=C1S/C(=C2/Sc3ccccc3N2C)C(=O)N1Cc1cccc(OC)c1. The van der Waals surface area contributed by atoms with E-state index in [0.717, 1.165) is 32.6 Å². The van der Waals surface area contributed by atoms with Gasteiger partial charge in [-0.05, 0) is 66.7 Å². The minimum Gasteiger partial charge on any atom is -0.497 e. The van der Waals surface area contributed by atoms with Crippen LogP contribution in [0, 0.1) is 11.3 Å². The van der Waals surface area contributed by atoms with E-state index in [1.54, 1.807) is 35.9 Å². The number of nitrogens with zero attached hydrogens (tertiary/aromatic N) is 4. The first kappa shape index (κ1) is 24.8. The summed E-state index contributed by atoms with van der Waals surface area (Å²) in [5.74, 6) is 0.627. The van der Waals surface area contributed by atoms with Crippen molar-refractivity contribution >= 4 is 51.7 Å². The summed E-state index contributed by atoms with van der Waals surface area (Å²) in [6, 6.07) is 23.4. The minimum atomic E-state index is -0.102. The van der Waals surface area contributed by atoms with E-state index in [1.165, 1.54) is 11.8 Å². The number of nitrogens with one attached hydrogen (secondary N) is 1. The molecule has 3 aromatic rings. The van der Waals surface area contributed by atoms with Gasteiger partial charge in [0.25, 0.3) is 5.91 Å². The number of nitriles is 1. The Kier molecular flexibility index (Phi) is 7.12. The fourth-order valence-electron chi connectivity index (χ4n) is 4.15. The second kappa shape index (κ2) is 10.6. The van der Waals surface area contributed by atoms with Crippen molar-refractivity contribution in [2.45, 2.75) is 18.4 Å². The maximum Gasteiger partial charge on any atom is 0.269 e. The molecular formula is C28H25N5O2S2. The monoisotopic (exact) mass is 527 g/mol. The van der Waals surface area contributed by atoms with E-state index >= 15 is 0 Å². The maximum absolute atomic E-state index is 13.9. The third-order valence-corrected chi connectivity index (χ3v) is 8.41. The van der Waals surface area contributed by atoms with Gasteiger partial charge in [0.05, 0.1) is 47.4 Å². The van der Waals surface area contributed by atoms with Gasteiger partial charge in [-0.1, -0.05) is 36.0 Å². The lowest BCUT2D eigenvalue weighted by atomic mass is 10.2. The topological polar surface area (TPSA) is 81.0 Å². The average Bonchev–Trinajstić information content (AvgIpc) is 3.41. The van der Waals surface area contributed by atoms with Crippen LogP contribution in [0.1, 0.15) is 18.1 Å². The summed E-state index contributed by atoms with van der Waals surface area (Å²) in [6.45, 7) is 3.05. The molecule has 1 amide bonds. The zero-order valence-corrected chi connectivity index (χ0v) is 22.3. The molecule has 2 aliphatic heterocycles. The van der Waals surface area contributed by atoms with Crippen molar-refractivity contribution in [2.75, 3.05) is 30.9 Å². The largest absolute Gasteiger partial charge is 0.497 e. The number of hydrogen-bond donors (Lipinski definition) is 1. The number of benzene rings is 3. The van der Waals surface area contributed by atoms with Crippen LogP contribution >= 0.6 is 23.5 Å². The van der Waals surface area contributed by atoms with Crippen LogP contribution in [-0.2, 0) is 11.3 Å². The summed E-state index contributed by atoms with van der Waals surface area (Å²) in [5.41, 5.74) is 3.94. The Morgan fingerprint density at radius 1 is 1.08 bits per heavy atom. The quantitative estimate of drug-likeness (QED) is 0.384. The highest BCUT2D eigenvalue weighted by atomic mass is 32.2. The highest BCUT2D eigenvalue weighted by molar-refractivity contribution is 8.19. The second-order valence-corrected chi connectivity index (χ2v) is 10.4. The van der Waals surface area contributed by atoms with Crippen molar-refractivity contribution in [3.63, 3.8) is 0 Å². The number of carbonyl (C=O) groups excluding carboxylic acids is 1. The van der Waals surface area contributed by atoms with Crippen LogP contribution in [-0.4, -0.2) is 36.7 Å². The number of anilines is 2. The summed E-state index contributed by atoms with van der Waals surface area (Å²) in [7, 11) is 3.61. The Bertz CT molecular complexity index is 1480. The smallest absolute Gasteiger partial charge is 0.269 e. The van der Waals surface area contributed by atoms with Gasteiger partial charge < -0.3 is 15.0 Å². The van der Waals surface area contributed by atoms with Crippen molar-refractivity contribution in [3.05, 3.63) is 87.8 Å². The molecule has 0 unspecified atom stereocenters. The Balaban J connectivity index is 1.60. The van der Waals surface area contributed by atoms with E-state index in [2.05, 4.69) is 28.4 Å². The van der Waals surface area contributed by atoms with Crippen molar-refractivity contribution in [1.29, 1.82) is 5.26 Å². The Morgan fingerprint density at radius 3 is 2.68 bits per heavy atom. The number of amidine groups is 1. The third-order valence-electron chi connectivity index (χ3n) is 5.98. The van der Waals surface area contributed by atoms with Crippen molar-refractivity contribution in [2.24, 2.45) is 4.99 Å². The van der Waals surface area contributed by atoms with Gasteiger partial charge in [-0.25, -0.2) is 4.99 Å². The fraction of sp³-hybridized carbons (Fsp3) is 0.179. The minimum absolute atomic E-state index is 0.102. The van der Waals surface area contributed by atoms with E-state index in [1.807, 2.05) is 56.4 Å². The Hall–Kier alpha value is -3.87. The van der Waals surface area contributed by atoms with E-state index in [9.17, 15) is 10.1 Å². The summed E-state index contributed by atoms with van der Waals surface area (Å²) >= 11 is 2.96. The molecule has 7 nitrogen and oxygen atoms in total. The fourth-order valence-corrected chi connectivity index (χ4v) is 6.48. The number of thioether (sulfide) groups is 2. The van der Waals surface area contributed by atoms with Crippen LogP contribution in [0.4, 0.5) is 17.1 Å². The highest BCUT2D eigenvalue weighted by Crippen LogP contribution is 2.50. The Morgan fingerprint density at radius 2 is 1.92 bits per heavy atom. The molecule has 0 saturated carbocycles. The molecule has 37 heavy (non-hydrogen) atoms. The van der Waals surface area contributed by atoms with Gasteiger partial charge in [-0.3, -0.25) is 9.69 Å². The zero-order chi connectivity index (χ0) is 25.9. The molecular weight excluding hydrogens is 502 g/mol. The molecule has 9 heteroatoms. The molecule has 2 aliphatic rings. The molecule has 0 aromatic heterocycles. The molecule has 0 bridgehead atoms. The van der Waals surface area contributed by atoms with E-state index in [-0.39, 0.29) is 5.91 Å². The molecule has 1 saturated heterocycles. The summed E-state index contributed by atoms with van der Waals surface area (Å²) in [6.07, 6.45) is 0. The van der Waals surface area contributed by atoms with E-state index < -0.39 is 0 Å². The maximum atomic E-state index is 13.9. The van der Waals surface area contributed by atoms with Crippen LogP contribution in [0.15, 0.2) is 86.6 Å². The number of rotatable bonds is 6. The van der Waals surface area contributed by atoms with Gasteiger partial charge >= 0.3 is 0 Å².